The number of hydrogen-bond acceptors (Lipinski definition) is 4. The molecule has 1 aromatic rings. The van der Waals surface area contributed by atoms with Gasteiger partial charge in [-0.2, -0.15) is 0 Å². The van der Waals surface area contributed by atoms with Crippen LogP contribution >= 0.6 is 12.4 Å². The van der Waals surface area contributed by atoms with Crippen molar-refractivity contribution >= 4 is 12.4 Å². The molecule has 5 heteroatoms. The molecule has 1 aromatic carbocycles. The highest BCUT2D eigenvalue weighted by Crippen LogP contribution is 2.32. The highest BCUT2D eigenvalue weighted by Gasteiger charge is 2.21. The monoisotopic (exact) mass is 273 g/mol. The second kappa shape index (κ2) is 6.83. The average molecular weight is 274 g/mol. The van der Waals surface area contributed by atoms with Gasteiger partial charge in [-0.05, 0) is 37.1 Å². The molecule has 2 unspecified atom stereocenters. The summed E-state index contributed by atoms with van der Waals surface area (Å²) in [6.07, 6.45) is 1.36. The van der Waals surface area contributed by atoms with Gasteiger partial charge in [0.1, 0.15) is 0 Å². The highest BCUT2D eigenvalue weighted by molar-refractivity contribution is 5.85. The molecule has 2 rings (SSSR count). The lowest BCUT2D eigenvalue weighted by Gasteiger charge is -2.28. The van der Waals surface area contributed by atoms with Crippen LogP contribution < -0.4 is 14.8 Å². The van der Waals surface area contributed by atoms with E-state index in [-0.39, 0.29) is 24.6 Å². The summed E-state index contributed by atoms with van der Waals surface area (Å²) in [5, 5.41) is 13.1. The molecule has 0 aliphatic carbocycles. The summed E-state index contributed by atoms with van der Waals surface area (Å²) >= 11 is 0. The molecule has 0 spiro atoms. The molecule has 1 fully saturated rings. The van der Waals surface area contributed by atoms with E-state index < -0.39 is 0 Å². The Morgan fingerprint density at radius 2 is 1.94 bits per heavy atom. The fourth-order valence-electron chi connectivity index (χ4n) is 2.22. The molecule has 102 valence electrons. The maximum absolute atomic E-state index is 9.67. The van der Waals surface area contributed by atoms with E-state index in [9.17, 15) is 5.11 Å². The third-order valence-electron chi connectivity index (χ3n) is 3.19. The summed E-state index contributed by atoms with van der Waals surface area (Å²) in [6.45, 7) is 0.847. The largest absolute Gasteiger partial charge is 0.493 e. The van der Waals surface area contributed by atoms with Crippen LogP contribution in [-0.4, -0.2) is 32.0 Å². The number of methoxy groups -OCH3 is 2. The van der Waals surface area contributed by atoms with Crippen molar-refractivity contribution in [1.82, 2.24) is 5.32 Å². The van der Waals surface area contributed by atoms with Crippen LogP contribution in [0.15, 0.2) is 18.2 Å². The van der Waals surface area contributed by atoms with E-state index in [0.29, 0.717) is 0 Å². The molecular formula is C13H20ClNO3. The van der Waals surface area contributed by atoms with Crippen LogP contribution in [0.3, 0.4) is 0 Å². The van der Waals surface area contributed by atoms with Crippen molar-refractivity contribution in [2.75, 3.05) is 20.8 Å². The molecule has 0 radical (unpaired) electrons. The summed E-state index contributed by atoms with van der Waals surface area (Å²) in [7, 11) is 3.25. The molecule has 1 heterocycles. The number of ether oxygens (including phenoxy) is 2. The summed E-state index contributed by atoms with van der Waals surface area (Å²) in [6, 6.07) is 6.07. The Morgan fingerprint density at radius 3 is 2.56 bits per heavy atom. The van der Waals surface area contributed by atoms with Gasteiger partial charge in [0, 0.05) is 6.04 Å². The second-order valence-corrected chi connectivity index (χ2v) is 4.30. The Balaban J connectivity index is 0.00000162. The number of halogens is 1. The molecule has 18 heavy (non-hydrogen) atoms. The van der Waals surface area contributed by atoms with Crippen molar-refractivity contribution < 1.29 is 14.6 Å². The number of benzene rings is 1. The van der Waals surface area contributed by atoms with Gasteiger partial charge < -0.3 is 19.9 Å². The van der Waals surface area contributed by atoms with Gasteiger partial charge in [0.05, 0.1) is 20.3 Å². The van der Waals surface area contributed by atoms with Crippen LogP contribution in [0.4, 0.5) is 0 Å². The second-order valence-electron chi connectivity index (χ2n) is 4.30. The zero-order chi connectivity index (χ0) is 12.3. The molecule has 0 bridgehead atoms. The standard InChI is InChI=1S/C13H19NO3.ClH/c1-16-12-4-3-9(7-13(12)17-2)11-8-10(15)5-6-14-11;/h3-4,7,10-11,14-15H,5-6,8H2,1-2H3;1H. The lowest BCUT2D eigenvalue weighted by Crippen LogP contribution is -2.34. The van der Waals surface area contributed by atoms with E-state index in [1.54, 1.807) is 14.2 Å². The maximum atomic E-state index is 9.67. The molecule has 1 aliphatic heterocycles. The number of rotatable bonds is 3. The van der Waals surface area contributed by atoms with E-state index in [4.69, 9.17) is 9.47 Å². The Kier molecular flexibility index (Phi) is 5.72. The summed E-state index contributed by atoms with van der Waals surface area (Å²) < 4.78 is 10.5. The van der Waals surface area contributed by atoms with Gasteiger partial charge in [-0.3, -0.25) is 0 Å². The molecule has 0 saturated carbocycles. The fraction of sp³-hybridized carbons (Fsp3) is 0.538. The van der Waals surface area contributed by atoms with Crippen molar-refractivity contribution in [2.45, 2.75) is 25.0 Å². The van der Waals surface area contributed by atoms with Crippen LogP contribution in [0.5, 0.6) is 11.5 Å². The minimum Gasteiger partial charge on any atom is -0.493 e. The fourth-order valence-corrected chi connectivity index (χ4v) is 2.22. The first-order valence-corrected chi connectivity index (χ1v) is 5.88. The molecule has 2 N–H and O–H groups in total. The van der Waals surface area contributed by atoms with Gasteiger partial charge in [-0.1, -0.05) is 6.07 Å². The molecular weight excluding hydrogens is 254 g/mol. The third kappa shape index (κ3) is 3.28. The minimum atomic E-state index is -0.214. The molecule has 0 aromatic heterocycles. The van der Waals surface area contributed by atoms with E-state index in [1.165, 1.54) is 0 Å². The van der Waals surface area contributed by atoms with Gasteiger partial charge >= 0.3 is 0 Å². The number of hydrogen-bond donors (Lipinski definition) is 2. The number of aliphatic hydroxyl groups is 1. The van der Waals surface area contributed by atoms with Gasteiger partial charge in [-0.15, -0.1) is 12.4 Å². The lowest BCUT2D eigenvalue weighted by molar-refractivity contribution is 0.116. The SMILES string of the molecule is COc1ccc(C2CC(O)CCN2)cc1OC.Cl. The van der Waals surface area contributed by atoms with Crippen molar-refractivity contribution in [2.24, 2.45) is 0 Å². The van der Waals surface area contributed by atoms with Gasteiger partial charge in [-0.25, -0.2) is 0 Å². The van der Waals surface area contributed by atoms with Gasteiger partial charge in [0.15, 0.2) is 11.5 Å². The van der Waals surface area contributed by atoms with Crippen LogP contribution in [0.25, 0.3) is 0 Å². The zero-order valence-electron chi connectivity index (χ0n) is 10.7. The van der Waals surface area contributed by atoms with Crippen molar-refractivity contribution in [3.05, 3.63) is 23.8 Å². The average Bonchev–Trinajstić information content (AvgIpc) is 2.38. The Bertz CT molecular complexity index is 386. The van der Waals surface area contributed by atoms with E-state index in [1.807, 2.05) is 18.2 Å². The molecule has 1 aliphatic rings. The van der Waals surface area contributed by atoms with Crippen molar-refractivity contribution in [3.8, 4) is 11.5 Å². The lowest BCUT2D eigenvalue weighted by atomic mass is 9.95. The zero-order valence-corrected chi connectivity index (χ0v) is 11.5. The number of nitrogens with one attached hydrogen (secondary N) is 1. The predicted octanol–water partition coefficient (Wildman–Crippen LogP) is 1.91. The predicted molar refractivity (Wildman–Crippen MR) is 72.8 cm³/mol. The Hall–Kier alpha value is -0.970. The normalized spacial score (nSPS) is 23.1. The van der Waals surface area contributed by atoms with E-state index >= 15 is 0 Å². The molecule has 4 nitrogen and oxygen atoms in total. The summed E-state index contributed by atoms with van der Waals surface area (Å²) in [4.78, 5) is 0. The number of piperidine rings is 1. The Morgan fingerprint density at radius 1 is 1.22 bits per heavy atom. The summed E-state index contributed by atoms with van der Waals surface area (Å²) in [5.74, 6) is 1.46. The molecule has 1 saturated heterocycles. The minimum absolute atomic E-state index is 0. The van der Waals surface area contributed by atoms with Crippen molar-refractivity contribution in [3.63, 3.8) is 0 Å². The first-order valence-electron chi connectivity index (χ1n) is 5.88. The van der Waals surface area contributed by atoms with E-state index in [2.05, 4.69) is 5.32 Å². The highest BCUT2D eigenvalue weighted by atomic mass is 35.5. The van der Waals surface area contributed by atoms with Crippen LogP contribution in [-0.2, 0) is 0 Å². The molecule has 0 amide bonds. The number of aliphatic hydroxyl groups excluding tert-OH is 1. The van der Waals surface area contributed by atoms with Crippen molar-refractivity contribution in [1.29, 1.82) is 0 Å². The third-order valence-corrected chi connectivity index (χ3v) is 3.19. The molecule has 2 atom stereocenters. The van der Waals surface area contributed by atoms with E-state index in [0.717, 1.165) is 36.4 Å². The summed E-state index contributed by atoms with van der Waals surface area (Å²) in [5.41, 5.74) is 1.13. The smallest absolute Gasteiger partial charge is 0.161 e. The quantitative estimate of drug-likeness (QED) is 0.883. The Labute approximate surface area is 114 Å². The van der Waals surface area contributed by atoms with Crippen LogP contribution in [0, 0.1) is 0 Å². The van der Waals surface area contributed by atoms with Crippen LogP contribution in [0.1, 0.15) is 24.4 Å². The maximum Gasteiger partial charge on any atom is 0.161 e. The first-order chi connectivity index (χ1) is 8.24. The first kappa shape index (κ1) is 15.1. The topological polar surface area (TPSA) is 50.7 Å². The van der Waals surface area contributed by atoms with Crippen LogP contribution in [0.2, 0.25) is 0 Å². The van der Waals surface area contributed by atoms with Gasteiger partial charge in [0.25, 0.3) is 0 Å². The van der Waals surface area contributed by atoms with Gasteiger partial charge in [0.2, 0.25) is 0 Å².